The minimum absolute atomic E-state index is 0.0314. The molecule has 1 aliphatic rings. The smallest absolute Gasteiger partial charge is 0.278 e. The van der Waals surface area contributed by atoms with Crippen molar-refractivity contribution in [3.63, 3.8) is 0 Å². The van der Waals surface area contributed by atoms with Crippen molar-refractivity contribution in [3.05, 3.63) is 129 Å². The SMILES string of the molecule is C[Si](C)(C)CCOCn1cc(OCc2ccccc2)c(=O)c(C(=O)N2CCC[C@@H]2C(OS(C)(=O)=O)C(c2ccc(C#N)cc2)c2cccc(F)c2)n1. The molecule has 0 bridgehead atoms. The van der Waals surface area contributed by atoms with Gasteiger partial charge in [-0.1, -0.05) is 74.2 Å². The summed E-state index contributed by atoms with van der Waals surface area (Å²) in [6.45, 7) is 7.38. The third kappa shape index (κ3) is 10.2. The second kappa shape index (κ2) is 16.8. The van der Waals surface area contributed by atoms with E-state index in [9.17, 15) is 27.7 Å². The first-order chi connectivity index (χ1) is 24.7. The third-order valence-electron chi connectivity index (χ3n) is 8.75. The van der Waals surface area contributed by atoms with Gasteiger partial charge in [-0.3, -0.25) is 13.8 Å². The Hall–Kier alpha value is -4.68. The Kier molecular flexibility index (Phi) is 12.4. The minimum atomic E-state index is -4.14. The quantitative estimate of drug-likeness (QED) is 0.0823. The predicted octanol–water partition coefficient (Wildman–Crippen LogP) is 5.93. The van der Waals surface area contributed by atoms with Gasteiger partial charge in [0.2, 0.25) is 0 Å². The maximum absolute atomic E-state index is 14.7. The number of hydrogen-bond acceptors (Lipinski definition) is 9. The molecule has 2 heterocycles. The highest BCUT2D eigenvalue weighted by atomic mass is 32.2. The number of aromatic nitrogens is 2. The van der Waals surface area contributed by atoms with Crippen LogP contribution in [-0.4, -0.2) is 68.6 Å². The Labute approximate surface area is 304 Å². The molecule has 0 radical (unpaired) electrons. The van der Waals surface area contributed by atoms with Crippen LogP contribution in [0.1, 0.15) is 51.5 Å². The van der Waals surface area contributed by atoms with Crippen molar-refractivity contribution < 1.29 is 31.3 Å². The molecule has 0 spiro atoms. The van der Waals surface area contributed by atoms with Crippen molar-refractivity contribution in [3.8, 4) is 11.8 Å². The number of amides is 1. The summed E-state index contributed by atoms with van der Waals surface area (Å²) in [5.41, 5.74) is 1.01. The van der Waals surface area contributed by atoms with Crippen LogP contribution in [0.4, 0.5) is 4.39 Å². The van der Waals surface area contributed by atoms with Crippen LogP contribution in [0.3, 0.4) is 0 Å². The van der Waals surface area contributed by atoms with Crippen LogP contribution in [-0.2, 0) is 32.4 Å². The summed E-state index contributed by atoms with van der Waals surface area (Å²) in [7, 11) is -5.53. The molecule has 52 heavy (non-hydrogen) atoms. The molecule has 274 valence electrons. The van der Waals surface area contributed by atoms with Gasteiger partial charge in [-0.2, -0.15) is 18.8 Å². The van der Waals surface area contributed by atoms with Crippen LogP contribution < -0.4 is 10.2 Å². The predicted molar refractivity (Wildman–Crippen MR) is 197 cm³/mol. The van der Waals surface area contributed by atoms with E-state index >= 15 is 0 Å². The van der Waals surface area contributed by atoms with Gasteiger partial charge in [0.15, 0.2) is 11.4 Å². The number of carbonyl (C=O) groups is 1. The fraction of sp³-hybridized carbons (Fsp3) is 0.368. The summed E-state index contributed by atoms with van der Waals surface area (Å²) in [6, 6.07) is 23.6. The molecular formula is C38H43FN4O7SSi. The molecule has 1 amide bonds. The highest BCUT2D eigenvalue weighted by Crippen LogP contribution is 2.38. The molecule has 0 saturated carbocycles. The molecule has 1 aliphatic heterocycles. The van der Waals surface area contributed by atoms with Crippen LogP contribution in [0.15, 0.2) is 89.9 Å². The molecule has 1 saturated heterocycles. The number of nitrogens with zero attached hydrogens (tertiary/aromatic N) is 4. The van der Waals surface area contributed by atoms with E-state index in [-0.39, 0.29) is 25.6 Å². The van der Waals surface area contributed by atoms with E-state index in [1.54, 1.807) is 30.3 Å². The van der Waals surface area contributed by atoms with Crippen molar-refractivity contribution >= 4 is 24.1 Å². The Morgan fingerprint density at radius 2 is 1.79 bits per heavy atom. The lowest BCUT2D eigenvalue weighted by molar-refractivity contribution is 0.0514. The number of rotatable bonds is 15. The molecule has 5 rings (SSSR count). The lowest BCUT2D eigenvalue weighted by Crippen LogP contribution is -2.48. The number of ether oxygens (including phenoxy) is 2. The van der Waals surface area contributed by atoms with Crippen molar-refractivity contribution in [2.24, 2.45) is 0 Å². The average Bonchev–Trinajstić information content (AvgIpc) is 3.59. The summed E-state index contributed by atoms with van der Waals surface area (Å²) in [6.07, 6.45) is 1.89. The molecule has 2 unspecified atom stereocenters. The largest absolute Gasteiger partial charge is 0.483 e. The lowest BCUT2D eigenvalue weighted by atomic mass is 9.82. The van der Waals surface area contributed by atoms with E-state index in [1.165, 1.54) is 34.0 Å². The molecule has 3 aromatic carbocycles. The van der Waals surface area contributed by atoms with Crippen LogP contribution in [0.25, 0.3) is 0 Å². The molecule has 4 aromatic rings. The topological polar surface area (TPSA) is 141 Å². The second-order valence-electron chi connectivity index (χ2n) is 14.1. The molecular weight excluding hydrogens is 704 g/mol. The first-order valence-corrected chi connectivity index (χ1v) is 22.6. The second-order valence-corrected chi connectivity index (χ2v) is 21.3. The average molecular weight is 747 g/mol. The zero-order chi connectivity index (χ0) is 37.5. The summed E-state index contributed by atoms with van der Waals surface area (Å²) < 4.78 is 59.4. The zero-order valence-electron chi connectivity index (χ0n) is 29.7. The summed E-state index contributed by atoms with van der Waals surface area (Å²) >= 11 is 0. The standard InChI is InChI=1S/C38H43FN4O7SSi/c1-51(46,47)50-37(34(30-12-8-13-31(39)22-30)29-17-15-27(23-40)16-18-29)32-14-9-19-43(32)38(45)35-36(44)33(49-25-28-10-6-5-7-11-28)24-42(41-35)26-48-20-21-52(2,3)4/h5-8,10-13,15-18,22,24,32,34,37H,9,14,19-21,25-26H2,1-4H3/t32-,34?,37?/m1/s1. The fourth-order valence-electron chi connectivity index (χ4n) is 6.20. The van der Waals surface area contributed by atoms with Gasteiger partial charge in [0.05, 0.1) is 30.1 Å². The minimum Gasteiger partial charge on any atom is -0.483 e. The molecule has 0 aliphatic carbocycles. The van der Waals surface area contributed by atoms with Gasteiger partial charge in [-0.25, -0.2) is 9.07 Å². The van der Waals surface area contributed by atoms with Crippen molar-refractivity contribution in [2.75, 3.05) is 19.4 Å². The Bertz CT molecular complexity index is 2070. The Morgan fingerprint density at radius 3 is 2.44 bits per heavy atom. The Balaban J connectivity index is 1.55. The third-order valence-corrected chi connectivity index (χ3v) is 11.0. The zero-order valence-corrected chi connectivity index (χ0v) is 31.5. The summed E-state index contributed by atoms with van der Waals surface area (Å²) in [4.78, 5) is 29.8. The Morgan fingerprint density at radius 1 is 1.06 bits per heavy atom. The van der Waals surface area contributed by atoms with Crippen LogP contribution >= 0.6 is 0 Å². The van der Waals surface area contributed by atoms with Crippen LogP contribution in [0, 0.1) is 17.1 Å². The highest BCUT2D eigenvalue weighted by Gasteiger charge is 2.44. The maximum Gasteiger partial charge on any atom is 0.278 e. The van der Waals surface area contributed by atoms with E-state index in [0.29, 0.717) is 36.1 Å². The van der Waals surface area contributed by atoms with Gasteiger partial charge in [0.1, 0.15) is 25.3 Å². The van der Waals surface area contributed by atoms with Gasteiger partial charge >= 0.3 is 0 Å². The fourth-order valence-corrected chi connectivity index (χ4v) is 7.60. The molecule has 11 nitrogen and oxygen atoms in total. The van der Waals surface area contributed by atoms with E-state index in [2.05, 4.69) is 30.8 Å². The summed E-state index contributed by atoms with van der Waals surface area (Å²) in [5, 5.41) is 13.8. The molecule has 14 heteroatoms. The van der Waals surface area contributed by atoms with Crippen molar-refractivity contribution in [1.82, 2.24) is 14.7 Å². The first kappa shape index (κ1) is 38.5. The number of carbonyl (C=O) groups excluding carboxylic acids is 1. The van der Waals surface area contributed by atoms with E-state index in [0.717, 1.165) is 17.9 Å². The van der Waals surface area contributed by atoms with Gasteiger partial charge in [0, 0.05) is 27.1 Å². The number of nitriles is 1. The monoisotopic (exact) mass is 746 g/mol. The van der Waals surface area contributed by atoms with E-state index < -0.39 is 59.1 Å². The van der Waals surface area contributed by atoms with Gasteiger partial charge in [-0.15, -0.1) is 0 Å². The molecule has 1 fully saturated rings. The molecule has 1 aromatic heterocycles. The van der Waals surface area contributed by atoms with E-state index in [1.807, 2.05) is 30.3 Å². The van der Waals surface area contributed by atoms with E-state index in [4.69, 9.17) is 13.7 Å². The van der Waals surface area contributed by atoms with Crippen molar-refractivity contribution in [2.45, 2.75) is 69.9 Å². The first-order valence-electron chi connectivity index (χ1n) is 17.0. The number of hydrogen-bond donors (Lipinski definition) is 0. The lowest BCUT2D eigenvalue weighted by Gasteiger charge is -2.36. The highest BCUT2D eigenvalue weighted by molar-refractivity contribution is 7.86. The maximum atomic E-state index is 14.7. The molecule has 0 N–H and O–H groups in total. The summed E-state index contributed by atoms with van der Waals surface area (Å²) in [5.74, 6) is -2.25. The number of benzene rings is 3. The normalized spacial score (nSPS) is 15.9. The van der Waals surface area contributed by atoms with Crippen LogP contribution in [0.2, 0.25) is 25.7 Å². The van der Waals surface area contributed by atoms with Gasteiger partial charge < -0.3 is 14.4 Å². The van der Waals surface area contributed by atoms with Gasteiger partial charge in [-0.05, 0) is 59.8 Å². The number of halogens is 1. The van der Waals surface area contributed by atoms with Crippen molar-refractivity contribution in [1.29, 1.82) is 5.26 Å². The number of likely N-dealkylation sites (tertiary alicyclic amines) is 1. The van der Waals surface area contributed by atoms with Crippen LogP contribution in [0.5, 0.6) is 5.75 Å². The van der Waals surface area contributed by atoms with Gasteiger partial charge in [0.25, 0.3) is 21.5 Å². The molecule has 3 atom stereocenters.